The molecule has 21 heavy (non-hydrogen) atoms. The van der Waals surface area contributed by atoms with E-state index in [1.807, 2.05) is 6.20 Å². The van der Waals surface area contributed by atoms with E-state index in [1.54, 1.807) is 12.4 Å². The number of nitrogens with zero attached hydrogens (tertiary/aromatic N) is 3. The third-order valence-electron chi connectivity index (χ3n) is 4.41. The molecule has 2 heterocycles. The van der Waals surface area contributed by atoms with Gasteiger partial charge in [0.25, 0.3) is 0 Å². The lowest BCUT2D eigenvalue weighted by Crippen LogP contribution is -2.40. The van der Waals surface area contributed by atoms with Crippen LogP contribution in [0.15, 0.2) is 18.6 Å². The summed E-state index contributed by atoms with van der Waals surface area (Å²) in [4.78, 5) is 22.7. The molecular weight excluding hydrogens is 264 g/mol. The van der Waals surface area contributed by atoms with Crippen molar-refractivity contribution < 1.29 is 4.79 Å². The molecule has 5 heteroatoms. The van der Waals surface area contributed by atoms with Crippen LogP contribution >= 0.6 is 0 Å². The minimum atomic E-state index is 0.171. The van der Waals surface area contributed by atoms with Crippen LogP contribution in [0.3, 0.4) is 0 Å². The number of rotatable bonds is 6. The molecule has 0 aliphatic carbocycles. The van der Waals surface area contributed by atoms with Gasteiger partial charge in [-0.25, -0.2) is 4.98 Å². The van der Waals surface area contributed by atoms with Gasteiger partial charge in [0.2, 0.25) is 5.91 Å². The van der Waals surface area contributed by atoms with Crippen molar-refractivity contribution in [1.82, 2.24) is 15.3 Å². The van der Waals surface area contributed by atoms with Crippen LogP contribution in [0.4, 0.5) is 5.82 Å². The highest BCUT2D eigenvalue weighted by Gasteiger charge is 2.21. The van der Waals surface area contributed by atoms with Crippen LogP contribution in [0.1, 0.15) is 39.5 Å². The summed E-state index contributed by atoms with van der Waals surface area (Å²) in [6.45, 7) is 6.94. The van der Waals surface area contributed by atoms with Crippen molar-refractivity contribution >= 4 is 11.7 Å². The van der Waals surface area contributed by atoms with E-state index in [9.17, 15) is 4.79 Å². The molecule has 5 nitrogen and oxygen atoms in total. The van der Waals surface area contributed by atoms with Crippen molar-refractivity contribution in [3.8, 4) is 0 Å². The van der Waals surface area contributed by atoms with Gasteiger partial charge in [-0.3, -0.25) is 9.78 Å². The Labute approximate surface area is 127 Å². The Balaban J connectivity index is 1.73. The zero-order valence-corrected chi connectivity index (χ0v) is 13.1. The molecule has 2 rings (SSSR count). The van der Waals surface area contributed by atoms with Crippen molar-refractivity contribution in [1.29, 1.82) is 0 Å². The molecule has 116 valence electrons. The maximum Gasteiger partial charge on any atom is 0.223 e. The second-order valence-corrected chi connectivity index (χ2v) is 5.75. The van der Waals surface area contributed by atoms with Gasteiger partial charge in [-0.1, -0.05) is 13.8 Å². The van der Waals surface area contributed by atoms with E-state index in [0.717, 1.165) is 51.1 Å². The van der Waals surface area contributed by atoms with Crippen LogP contribution in [0.25, 0.3) is 0 Å². The van der Waals surface area contributed by atoms with E-state index in [2.05, 4.69) is 34.0 Å². The fraction of sp³-hybridized carbons (Fsp3) is 0.688. The van der Waals surface area contributed by atoms with Crippen LogP contribution < -0.4 is 10.2 Å². The number of piperidine rings is 1. The number of amides is 1. The second kappa shape index (κ2) is 7.96. The predicted octanol–water partition coefficient (Wildman–Crippen LogP) is 2.25. The minimum absolute atomic E-state index is 0.171. The van der Waals surface area contributed by atoms with E-state index in [0.29, 0.717) is 5.92 Å². The van der Waals surface area contributed by atoms with Gasteiger partial charge in [0, 0.05) is 37.9 Å². The molecule has 1 aromatic rings. The SMILES string of the molecule is CCC(CC)C(=O)NCC1CCN(c2cnccn2)CC1. The lowest BCUT2D eigenvalue weighted by Gasteiger charge is -2.32. The Morgan fingerprint density at radius 2 is 2.05 bits per heavy atom. The molecule has 0 bridgehead atoms. The van der Waals surface area contributed by atoms with E-state index in [1.165, 1.54) is 0 Å². The summed E-state index contributed by atoms with van der Waals surface area (Å²) in [5, 5.41) is 3.12. The topological polar surface area (TPSA) is 58.1 Å². The quantitative estimate of drug-likeness (QED) is 0.873. The Hall–Kier alpha value is -1.65. The molecule has 0 atom stereocenters. The molecule has 1 amide bonds. The first-order valence-electron chi connectivity index (χ1n) is 8.03. The van der Waals surface area contributed by atoms with Crippen molar-refractivity contribution in [2.24, 2.45) is 11.8 Å². The largest absolute Gasteiger partial charge is 0.356 e. The van der Waals surface area contributed by atoms with E-state index in [4.69, 9.17) is 0 Å². The molecule has 1 N–H and O–H groups in total. The van der Waals surface area contributed by atoms with Gasteiger partial charge in [0.15, 0.2) is 0 Å². The third-order valence-corrected chi connectivity index (χ3v) is 4.41. The summed E-state index contributed by atoms with van der Waals surface area (Å²) in [7, 11) is 0. The summed E-state index contributed by atoms with van der Waals surface area (Å²) in [6, 6.07) is 0. The minimum Gasteiger partial charge on any atom is -0.356 e. The van der Waals surface area contributed by atoms with E-state index < -0.39 is 0 Å². The molecule has 0 aromatic carbocycles. The lowest BCUT2D eigenvalue weighted by molar-refractivity contribution is -0.125. The van der Waals surface area contributed by atoms with Crippen LogP contribution in [0, 0.1) is 11.8 Å². The van der Waals surface area contributed by atoms with Crippen molar-refractivity contribution in [3.05, 3.63) is 18.6 Å². The van der Waals surface area contributed by atoms with Crippen LogP contribution in [0.2, 0.25) is 0 Å². The summed E-state index contributed by atoms with van der Waals surface area (Å²) in [6.07, 6.45) is 9.29. The number of nitrogens with one attached hydrogen (secondary N) is 1. The standard InChI is InChI=1S/C16H26N4O/c1-3-14(4-2)16(21)19-11-13-5-9-20(10-6-13)15-12-17-7-8-18-15/h7-8,12-14H,3-6,9-11H2,1-2H3,(H,19,21). The summed E-state index contributed by atoms with van der Waals surface area (Å²) < 4.78 is 0. The number of carbonyl (C=O) groups is 1. The number of carbonyl (C=O) groups excluding carboxylic acids is 1. The smallest absolute Gasteiger partial charge is 0.223 e. The lowest BCUT2D eigenvalue weighted by atomic mass is 9.96. The van der Waals surface area contributed by atoms with Crippen LogP contribution in [-0.4, -0.2) is 35.5 Å². The zero-order valence-electron chi connectivity index (χ0n) is 13.1. The number of aromatic nitrogens is 2. The van der Waals surface area contributed by atoms with Gasteiger partial charge < -0.3 is 10.2 Å². The Morgan fingerprint density at radius 3 is 2.62 bits per heavy atom. The maximum atomic E-state index is 12.0. The maximum absolute atomic E-state index is 12.0. The molecule has 1 saturated heterocycles. The number of anilines is 1. The van der Waals surface area contributed by atoms with Gasteiger partial charge in [-0.15, -0.1) is 0 Å². The van der Waals surface area contributed by atoms with Crippen LogP contribution in [0.5, 0.6) is 0 Å². The fourth-order valence-corrected chi connectivity index (χ4v) is 2.87. The molecular formula is C16H26N4O. The molecule has 0 spiro atoms. The van der Waals surface area contributed by atoms with Crippen LogP contribution in [-0.2, 0) is 4.79 Å². The Morgan fingerprint density at radius 1 is 1.33 bits per heavy atom. The molecule has 0 unspecified atom stereocenters. The highest BCUT2D eigenvalue weighted by molar-refractivity contribution is 5.78. The van der Waals surface area contributed by atoms with E-state index in [-0.39, 0.29) is 11.8 Å². The monoisotopic (exact) mass is 290 g/mol. The molecule has 0 saturated carbocycles. The van der Waals surface area contributed by atoms with E-state index >= 15 is 0 Å². The first kappa shape index (κ1) is 15.7. The highest BCUT2D eigenvalue weighted by atomic mass is 16.1. The van der Waals surface area contributed by atoms with Gasteiger partial charge >= 0.3 is 0 Å². The normalized spacial score (nSPS) is 16.2. The van der Waals surface area contributed by atoms with Gasteiger partial charge in [-0.05, 0) is 31.6 Å². The van der Waals surface area contributed by atoms with Gasteiger partial charge in [-0.2, -0.15) is 0 Å². The van der Waals surface area contributed by atoms with Crippen molar-refractivity contribution in [3.63, 3.8) is 0 Å². The molecule has 0 radical (unpaired) electrons. The summed E-state index contributed by atoms with van der Waals surface area (Å²) >= 11 is 0. The average molecular weight is 290 g/mol. The first-order valence-corrected chi connectivity index (χ1v) is 8.03. The summed E-state index contributed by atoms with van der Waals surface area (Å²) in [5.41, 5.74) is 0. The first-order chi connectivity index (χ1) is 10.2. The average Bonchev–Trinajstić information content (AvgIpc) is 2.55. The molecule has 1 fully saturated rings. The molecule has 1 aliphatic heterocycles. The van der Waals surface area contributed by atoms with Crippen molar-refractivity contribution in [2.75, 3.05) is 24.5 Å². The number of hydrogen-bond donors (Lipinski definition) is 1. The fourth-order valence-electron chi connectivity index (χ4n) is 2.87. The molecule has 1 aliphatic rings. The summed E-state index contributed by atoms with van der Waals surface area (Å²) in [5.74, 6) is 1.93. The highest BCUT2D eigenvalue weighted by Crippen LogP contribution is 2.20. The Bertz CT molecular complexity index is 425. The van der Waals surface area contributed by atoms with Gasteiger partial charge in [0.1, 0.15) is 5.82 Å². The van der Waals surface area contributed by atoms with Crippen molar-refractivity contribution in [2.45, 2.75) is 39.5 Å². The Kier molecular flexibility index (Phi) is 5.96. The number of hydrogen-bond acceptors (Lipinski definition) is 4. The predicted molar refractivity (Wildman–Crippen MR) is 84.1 cm³/mol. The molecule has 1 aromatic heterocycles. The van der Waals surface area contributed by atoms with Gasteiger partial charge in [0.05, 0.1) is 6.20 Å². The second-order valence-electron chi connectivity index (χ2n) is 5.75. The zero-order chi connectivity index (χ0) is 15.1. The third kappa shape index (κ3) is 4.41.